The van der Waals surface area contributed by atoms with E-state index in [4.69, 9.17) is 25.8 Å². The van der Waals surface area contributed by atoms with Gasteiger partial charge in [-0.2, -0.15) is 0 Å². The number of rotatable bonds is 9. The van der Waals surface area contributed by atoms with Gasteiger partial charge in [-0.25, -0.2) is 4.79 Å². The number of hydrogen-bond donors (Lipinski definition) is 2. The van der Waals surface area contributed by atoms with Crippen molar-refractivity contribution < 1.29 is 28.6 Å². The molecule has 0 aliphatic carbocycles. The number of halogens is 1. The lowest BCUT2D eigenvalue weighted by Gasteiger charge is -2.11. The molecule has 160 valence electrons. The van der Waals surface area contributed by atoms with Gasteiger partial charge in [0, 0.05) is 5.02 Å². The molecule has 0 aromatic heterocycles. The minimum absolute atomic E-state index is 0.142. The smallest absolute Gasteiger partial charge is 0.338 e. The van der Waals surface area contributed by atoms with E-state index in [9.17, 15) is 14.4 Å². The van der Waals surface area contributed by atoms with Gasteiger partial charge in [-0.3, -0.25) is 20.4 Å². The van der Waals surface area contributed by atoms with E-state index in [2.05, 4.69) is 17.8 Å². The van der Waals surface area contributed by atoms with E-state index >= 15 is 0 Å². The van der Waals surface area contributed by atoms with Crippen molar-refractivity contribution in [2.24, 2.45) is 0 Å². The Labute approximate surface area is 179 Å². The topological polar surface area (TPSA) is 103 Å². The number of unbranched alkanes of at least 4 members (excludes halogenated alkanes) is 1. The Morgan fingerprint density at radius 1 is 1.03 bits per heavy atom. The van der Waals surface area contributed by atoms with Gasteiger partial charge >= 0.3 is 5.97 Å². The Morgan fingerprint density at radius 2 is 1.77 bits per heavy atom. The normalized spacial score (nSPS) is 10.1. The molecule has 0 spiro atoms. The van der Waals surface area contributed by atoms with Crippen LogP contribution in [0, 0.1) is 0 Å². The summed E-state index contributed by atoms with van der Waals surface area (Å²) in [4.78, 5) is 36.1. The molecule has 0 saturated carbocycles. The Balaban J connectivity index is 1.79. The second kappa shape index (κ2) is 11.7. The molecule has 2 aromatic carbocycles. The fourth-order valence-corrected chi connectivity index (χ4v) is 2.50. The summed E-state index contributed by atoms with van der Waals surface area (Å²) >= 11 is 5.88. The highest BCUT2D eigenvalue weighted by atomic mass is 35.5. The molecular formula is C21H23ClN2O6. The van der Waals surface area contributed by atoms with E-state index in [-0.39, 0.29) is 11.1 Å². The highest BCUT2D eigenvalue weighted by Crippen LogP contribution is 2.22. The third-order valence-corrected chi connectivity index (χ3v) is 4.15. The lowest BCUT2D eigenvalue weighted by atomic mass is 10.2. The molecule has 0 aliphatic rings. The first kappa shape index (κ1) is 23.0. The Kier molecular flexibility index (Phi) is 8.96. The summed E-state index contributed by atoms with van der Waals surface area (Å²) in [6.07, 6.45) is 1.97. The average Bonchev–Trinajstić information content (AvgIpc) is 2.76. The third kappa shape index (κ3) is 6.97. The predicted molar refractivity (Wildman–Crippen MR) is 111 cm³/mol. The van der Waals surface area contributed by atoms with E-state index in [0.29, 0.717) is 23.1 Å². The van der Waals surface area contributed by atoms with Crippen molar-refractivity contribution in [3.63, 3.8) is 0 Å². The van der Waals surface area contributed by atoms with E-state index in [1.54, 1.807) is 30.3 Å². The van der Waals surface area contributed by atoms with Crippen LogP contribution in [-0.2, 0) is 9.53 Å². The van der Waals surface area contributed by atoms with Crippen molar-refractivity contribution in [3.05, 3.63) is 58.6 Å². The van der Waals surface area contributed by atoms with Crippen molar-refractivity contribution in [2.75, 3.05) is 20.3 Å². The summed E-state index contributed by atoms with van der Waals surface area (Å²) in [6, 6.07) is 10.9. The molecule has 0 unspecified atom stereocenters. The van der Waals surface area contributed by atoms with Gasteiger partial charge in [0.05, 0.1) is 24.8 Å². The van der Waals surface area contributed by atoms with E-state index in [1.165, 1.54) is 19.2 Å². The molecular weight excluding hydrogens is 412 g/mol. The van der Waals surface area contributed by atoms with Gasteiger partial charge in [-0.1, -0.05) is 24.9 Å². The average molecular weight is 435 g/mol. The Bertz CT molecular complexity index is 886. The molecule has 30 heavy (non-hydrogen) atoms. The zero-order chi connectivity index (χ0) is 21.9. The standard InChI is InChI=1S/C21H23ClN2O6/c1-3-4-11-29-16-8-5-14(6-9-16)21(27)30-13-19(25)23-24-20(26)17-12-15(22)7-10-18(17)28-2/h5-10,12H,3-4,11,13H2,1-2H3,(H,23,25)(H,24,26). The maximum atomic E-state index is 12.2. The Hall–Kier alpha value is -3.26. The molecule has 0 radical (unpaired) electrons. The summed E-state index contributed by atoms with van der Waals surface area (Å²) in [6.45, 7) is 2.10. The second-order valence-corrected chi connectivity index (χ2v) is 6.59. The summed E-state index contributed by atoms with van der Waals surface area (Å²) in [5.74, 6) is -1.07. The van der Waals surface area contributed by atoms with Crippen LogP contribution in [0.3, 0.4) is 0 Å². The van der Waals surface area contributed by atoms with Gasteiger partial charge in [-0.05, 0) is 48.9 Å². The molecule has 8 nitrogen and oxygen atoms in total. The molecule has 0 aliphatic heterocycles. The van der Waals surface area contributed by atoms with Gasteiger partial charge in [0.15, 0.2) is 6.61 Å². The first-order valence-corrected chi connectivity index (χ1v) is 9.65. The van der Waals surface area contributed by atoms with E-state index < -0.39 is 24.4 Å². The monoisotopic (exact) mass is 434 g/mol. The number of ether oxygens (including phenoxy) is 3. The number of carbonyl (C=O) groups excluding carboxylic acids is 3. The lowest BCUT2D eigenvalue weighted by molar-refractivity contribution is -0.125. The molecule has 0 bridgehead atoms. The Morgan fingerprint density at radius 3 is 2.43 bits per heavy atom. The fraction of sp³-hybridized carbons (Fsp3) is 0.286. The molecule has 2 amide bonds. The van der Waals surface area contributed by atoms with Crippen LogP contribution in [0.25, 0.3) is 0 Å². The van der Waals surface area contributed by atoms with Gasteiger partial charge in [-0.15, -0.1) is 0 Å². The van der Waals surface area contributed by atoms with E-state index in [0.717, 1.165) is 12.8 Å². The number of methoxy groups -OCH3 is 1. The highest BCUT2D eigenvalue weighted by molar-refractivity contribution is 6.31. The van der Waals surface area contributed by atoms with Crippen molar-refractivity contribution in [1.29, 1.82) is 0 Å². The van der Waals surface area contributed by atoms with Crippen LogP contribution in [0.15, 0.2) is 42.5 Å². The molecule has 0 saturated heterocycles. The summed E-state index contributed by atoms with van der Waals surface area (Å²) in [5.41, 5.74) is 4.79. The minimum Gasteiger partial charge on any atom is -0.496 e. The van der Waals surface area contributed by atoms with Crippen molar-refractivity contribution >= 4 is 29.4 Å². The molecule has 0 heterocycles. The number of benzene rings is 2. The second-order valence-electron chi connectivity index (χ2n) is 6.15. The predicted octanol–water partition coefficient (Wildman–Crippen LogP) is 3.15. The molecule has 2 aromatic rings. The third-order valence-electron chi connectivity index (χ3n) is 3.91. The van der Waals surface area contributed by atoms with Crippen LogP contribution >= 0.6 is 11.6 Å². The number of carbonyl (C=O) groups is 3. The number of hydrogen-bond acceptors (Lipinski definition) is 6. The van der Waals surface area contributed by atoms with Crippen LogP contribution in [0.2, 0.25) is 5.02 Å². The summed E-state index contributed by atoms with van der Waals surface area (Å²) in [7, 11) is 1.40. The van der Waals surface area contributed by atoms with Gasteiger partial charge < -0.3 is 14.2 Å². The van der Waals surface area contributed by atoms with Crippen LogP contribution < -0.4 is 20.3 Å². The van der Waals surface area contributed by atoms with Crippen molar-refractivity contribution in [1.82, 2.24) is 10.9 Å². The van der Waals surface area contributed by atoms with Crippen LogP contribution in [0.1, 0.15) is 40.5 Å². The minimum atomic E-state index is -0.711. The number of hydrazine groups is 1. The number of esters is 1. The van der Waals surface area contributed by atoms with Crippen molar-refractivity contribution in [2.45, 2.75) is 19.8 Å². The summed E-state index contributed by atoms with van der Waals surface area (Å²) < 4.78 is 15.5. The fourth-order valence-electron chi connectivity index (χ4n) is 2.32. The SMILES string of the molecule is CCCCOc1ccc(C(=O)OCC(=O)NNC(=O)c2cc(Cl)ccc2OC)cc1. The van der Waals surface area contributed by atoms with E-state index in [1.807, 2.05) is 0 Å². The largest absolute Gasteiger partial charge is 0.496 e. The van der Waals surface area contributed by atoms with Crippen LogP contribution in [-0.4, -0.2) is 38.1 Å². The van der Waals surface area contributed by atoms with Crippen molar-refractivity contribution in [3.8, 4) is 11.5 Å². The quantitative estimate of drug-likeness (QED) is 0.357. The molecule has 2 N–H and O–H groups in total. The zero-order valence-corrected chi connectivity index (χ0v) is 17.5. The highest BCUT2D eigenvalue weighted by Gasteiger charge is 2.15. The first-order chi connectivity index (χ1) is 14.4. The molecule has 0 atom stereocenters. The van der Waals surface area contributed by atoms with Gasteiger partial charge in [0.1, 0.15) is 11.5 Å². The van der Waals surface area contributed by atoms with Gasteiger partial charge in [0.25, 0.3) is 11.8 Å². The van der Waals surface area contributed by atoms with Crippen LogP contribution in [0.4, 0.5) is 0 Å². The molecule has 9 heteroatoms. The zero-order valence-electron chi connectivity index (χ0n) is 16.7. The lowest BCUT2D eigenvalue weighted by Crippen LogP contribution is -2.43. The summed E-state index contributed by atoms with van der Waals surface area (Å²) in [5, 5.41) is 0.336. The maximum absolute atomic E-state index is 12.2. The van der Waals surface area contributed by atoms with Crippen LogP contribution in [0.5, 0.6) is 11.5 Å². The first-order valence-electron chi connectivity index (χ1n) is 9.27. The molecule has 0 fully saturated rings. The maximum Gasteiger partial charge on any atom is 0.338 e. The molecule has 2 rings (SSSR count). The van der Waals surface area contributed by atoms with Gasteiger partial charge in [0.2, 0.25) is 0 Å². The number of amides is 2. The number of nitrogens with one attached hydrogen (secondary N) is 2.